The Hall–Kier alpha value is -2.63. The van der Waals surface area contributed by atoms with Crippen LogP contribution in [0.25, 0.3) is 0 Å². The molecule has 128 valence electrons. The third-order valence-electron chi connectivity index (χ3n) is 4.11. The van der Waals surface area contributed by atoms with E-state index >= 15 is 0 Å². The fourth-order valence-corrected chi connectivity index (χ4v) is 2.39. The zero-order valence-electron chi connectivity index (χ0n) is 14.5. The van der Waals surface area contributed by atoms with Crippen molar-refractivity contribution < 1.29 is 4.79 Å². The maximum absolute atomic E-state index is 12.4. The maximum atomic E-state index is 12.4. The first kappa shape index (κ1) is 17.7. The molecule has 1 heterocycles. The Kier molecular flexibility index (Phi) is 5.73. The lowest BCUT2D eigenvalue weighted by molar-refractivity contribution is 0.0947. The number of nitrogens with zero attached hydrogens (tertiary/aromatic N) is 1. The first-order valence-electron chi connectivity index (χ1n) is 8.05. The molecule has 3 N–H and O–H groups in total. The molecule has 6 heteroatoms. The first-order valence-corrected chi connectivity index (χ1v) is 8.05. The maximum Gasteiger partial charge on any atom is 0.277 e. The van der Waals surface area contributed by atoms with Crippen LogP contribution in [0.5, 0.6) is 0 Å². The van der Waals surface area contributed by atoms with Gasteiger partial charge in [-0.1, -0.05) is 32.0 Å². The van der Waals surface area contributed by atoms with Crippen LogP contribution >= 0.6 is 0 Å². The van der Waals surface area contributed by atoms with Gasteiger partial charge in [-0.05, 0) is 37.5 Å². The van der Waals surface area contributed by atoms with Gasteiger partial charge in [-0.3, -0.25) is 9.59 Å². The molecule has 0 aliphatic rings. The Labute approximate surface area is 141 Å². The fraction of sp³-hybridized carbons (Fsp3) is 0.389. The largest absolute Gasteiger partial charge is 0.380 e. The number of benzene rings is 1. The van der Waals surface area contributed by atoms with E-state index in [4.69, 9.17) is 0 Å². The number of anilines is 1. The highest BCUT2D eigenvalue weighted by Crippen LogP contribution is 2.12. The number of amides is 1. The minimum atomic E-state index is -0.465. The molecule has 1 unspecified atom stereocenters. The standard InChI is InChI=1S/C18H24N4O2/c1-11(2)15(20-14-8-6-5-7-9-14)10-19-17(23)16-12(3)13(4)21-22-18(16)24/h5-9,11,15,20H,10H2,1-4H3,(H,19,23)(H,22,24). The molecule has 1 atom stereocenters. The first-order chi connectivity index (χ1) is 11.4. The molecule has 0 aliphatic carbocycles. The zero-order valence-corrected chi connectivity index (χ0v) is 14.5. The van der Waals surface area contributed by atoms with Crippen molar-refractivity contribution in [1.82, 2.24) is 15.5 Å². The minimum absolute atomic E-state index is 0.0543. The molecule has 2 rings (SSSR count). The van der Waals surface area contributed by atoms with E-state index in [1.807, 2.05) is 30.3 Å². The second kappa shape index (κ2) is 7.77. The van der Waals surface area contributed by atoms with Crippen molar-refractivity contribution in [1.29, 1.82) is 0 Å². The summed E-state index contributed by atoms with van der Waals surface area (Å²) in [6.07, 6.45) is 0. The highest BCUT2D eigenvalue weighted by Gasteiger charge is 2.19. The molecular weight excluding hydrogens is 304 g/mol. The molecule has 0 spiro atoms. The monoisotopic (exact) mass is 328 g/mol. The van der Waals surface area contributed by atoms with E-state index in [1.54, 1.807) is 13.8 Å². The number of carbonyl (C=O) groups is 1. The quantitative estimate of drug-likeness (QED) is 0.759. The van der Waals surface area contributed by atoms with E-state index in [9.17, 15) is 9.59 Å². The Bertz CT molecular complexity index is 753. The second-order valence-corrected chi connectivity index (χ2v) is 6.21. The van der Waals surface area contributed by atoms with Gasteiger partial charge < -0.3 is 10.6 Å². The van der Waals surface area contributed by atoms with Crippen LogP contribution in [-0.2, 0) is 0 Å². The van der Waals surface area contributed by atoms with Gasteiger partial charge in [0.2, 0.25) is 0 Å². The number of carbonyl (C=O) groups excluding carboxylic acids is 1. The summed E-state index contributed by atoms with van der Waals surface area (Å²) in [6.45, 7) is 8.08. The molecule has 1 aromatic heterocycles. The van der Waals surface area contributed by atoms with Crippen LogP contribution in [0.4, 0.5) is 5.69 Å². The summed E-state index contributed by atoms with van der Waals surface area (Å²) >= 11 is 0. The molecule has 0 saturated carbocycles. The third-order valence-corrected chi connectivity index (χ3v) is 4.11. The van der Waals surface area contributed by atoms with Gasteiger partial charge >= 0.3 is 0 Å². The smallest absolute Gasteiger partial charge is 0.277 e. The molecule has 6 nitrogen and oxygen atoms in total. The number of nitrogens with one attached hydrogen (secondary N) is 3. The summed E-state index contributed by atoms with van der Waals surface area (Å²) < 4.78 is 0. The van der Waals surface area contributed by atoms with Gasteiger partial charge in [0, 0.05) is 18.3 Å². The number of aryl methyl sites for hydroxylation is 1. The Morgan fingerprint density at radius 2 is 1.88 bits per heavy atom. The van der Waals surface area contributed by atoms with Crippen LogP contribution < -0.4 is 16.2 Å². The Morgan fingerprint density at radius 3 is 2.50 bits per heavy atom. The van der Waals surface area contributed by atoms with E-state index in [2.05, 4.69) is 34.7 Å². The van der Waals surface area contributed by atoms with Gasteiger partial charge in [0.15, 0.2) is 0 Å². The van der Waals surface area contributed by atoms with E-state index < -0.39 is 5.56 Å². The summed E-state index contributed by atoms with van der Waals surface area (Å²) in [5.74, 6) is -0.0659. The summed E-state index contributed by atoms with van der Waals surface area (Å²) in [5, 5.41) is 12.5. The Morgan fingerprint density at radius 1 is 1.21 bits per heavy atom. The molecule has 2 aromatic rings. The molecule has 1 amide bonds. The van der Waals surface area contributed by atoms with Gasteiger partial charge in [-0.2, -0.15) is 5.10 Å². The molecule has 1 aromatic carbocycles. The lowest BCUT2D eigenvalue weighted by Gasteiger charge is -2.24. The summed E-state index contributed by atoms with van der Waals surface area (Å²) in [7, 11) is 0. The normalized spacial score (nSPS) is 12.0. The van der Waals surface area contributed by atoms with Gasteiger partial charge in [-0.15, -0.1) is 0 Å². The van der Waals surface area contributed by atoms with Crippen molar-refractivity contribution in [2.24, 2.45) is 5.92 Å². The second-order valence-electron chi connectivity index (χ2n) is 6.21. The van der Waals surface area contributed by atoms with Crippen molar-refractivity contribution in [3.05, 3.63) is 57.5 Å². The SMILES string of the molecule is Cc1n[nH]c(=O)c(C(=O)NCC(Nc2ccccc2)C(C)C)c1C. The molecule has 24 heavy (non-hydrogen) atoms. The van der Waals surface area contributed by atoms with Gasteiger partial charge in [0.1, 0.15) is 5.56 Å². The number of H-pyrrole nitrogens is 1. The summed E-state index contributed by atoms with van der Waals surface area (Å²) in [4.78, 5) is 24.3. The van der Waals surface area contributed by atoms with Crippen LogP contribution in [0, 0.1) is 19.8 Å². The average molecular weight is 328 g/mol. The topological polar surface area (TPSA) is 86.9 Å². The van der Waals surface area contributed by atoms with E-state index in [1.165, 1.54) is 0 Å². The van der Waals surface area contributed by atoms with Crippen LogP contribution in [0.1, 0.15) is 35.5 Å². The average Bonchev–Trinajstić information content (AvgIpc) is 2.56. The number of para-hydroxylation sites is 1. The van der Waals surface area contributed by atoms with Crippen LogP contribution in [0.2, 0.25) is 0 Å². The predicted octanol–water partition coefficient (Wildman–Crippen LogP) is 2.25. The lowest BCUT2D eigenvalue weighted by atomic mass is 10.0. The minimum Gasteiger partial charge on any atom is -0.380 e. The molecule has 0 fully saturated rings. The van der Waals surface area contributed by atoms with Crippen molar-refractivity contribution >= 4 is 11.6 Å². The number of hydrogen-bond donors (Lipinski definition) is 3. The lowest BCUT2D eigenvalue weighted by Crippen LogP contribution is -2.41. The van der Waals surface area contributed by atoms with Crippen LogP contribution in [-0.4, -0.2) is 28.7 Å². The van der Waals surface area contributed by atoms with Gasteiger partial charge in [-0.25, -0.2) is 5.10 Å². The fourth-order valence-electron chi connectivity index (χ4n) is 2.39. The molecule has 0 saturated heterocycles. The zero-order chi connectivity index (χ0) is 17.7. The highest BCUT2D eigenvalue weighted by atomic mass is 16.2. The Balaban J connectivity index is 2.08. The third kappa shape index (κ3) is 4.22. The summed E-state index contributed by atoms with van der Waals surface area (Å²) in [6, 6.07) is 9.90. The van der Waals surface area contributed by atoms with Crippen molar-refractivity contribution in [2.45, 2.75) is 33.7 Å². The van der Waals surface area contributed by atoms with Crippen molar-refractivity contribution in [3.8, 4) is 0 Å². The number of hydrogen-bond acceptors (Lipinski definition) is 4. The highest BCUT2D eigenvalue weighted by molar-refractivity contribution is 5.95. The van der Waals surface area contributed by atoms with Crippen LogP contribution in [0.3, 0.4) is 0 Å². The number of aromatic nitrogens is 2. The predicted molar refractivity (Wildman–Crippen MR) is 95.4 cm³/mol. The molecular formula is C18H24N4O2. The molecule has 0 bridgehead atoms. The molecule has 0 radical (unpaired) electrons. The summed E-state index contributed by atoms with van der Waals surface area (Å²) in [5.41, 5.74) is 1.91. The van der Waals surface area contributed by atoms with E-state index in [0.717, 1.165) is 5.69 Å². The van der Waals surface area contributed by atoms with E-state index in [-0.39, 0.29) is 17.5 Å². The van der Waals surface area contributed by atoms with Crippen molar-refractivity contribution in [2.75, 3.05) is 11.9 Å². The van der Waals surface area contributed by atoms with E-state index in [0.29, 0.717) is 23.7 Å². The van der Waals surface area contributed by atoms with Crippen LogP contribution in [0.15, 0.2) is 35.1 Å². The van der Waals surface area contributed by atoms with Crippen molar-refractivity contribution in [3.63, 3.8) is 0 Å². The van der Waals surface area contributed by atoms with Gasteiger partial charge in [0.05, 0.1) is 5.69 Å². The number of rotatable bonds is 6. The number of aromatic amines is 1. The van der Waals surface area contributed by atoms with Gasteiger partial charge in [0.25, 0.3) is 11.5 Å². The molecule has 0 aliphatic heterocycles.